The highest BCUT2D eigenvalue weighted by atomic mass is 35.5. The van der Waals surface area contributed by atoms with Gasteiger partial charge in [0.25, 0.3) is 0 Å². The Bertz CT molecular complexity index is 243. The third-order valence-corrected chi connectivity index (χ3v) is 3.00. The van der Waals surface area contributed by atoms with Gasteiger partial charge >= 0.3 is 5.97 Å². The quantitative estimate of drug-likeness (QED) is 0.273. The normalized spacial score (nSPS) is 12.2. The fourth-order valence-electron chi connectivity index (χ4n) is 1.70. The van der Waals surface area contributed by atoms with Gasteiger partial charge in [-0.15, -0.1) is 0 Å². The molecule has 0 aliphatic carbocycles. The Hall–Kier alpha value is -0.610. The van der Waals surface area contributed by atoms with E-state index < -0.39 is 17.1 Å². The van der Waals surface area contributed by atoms with Gasteiger partial charge in [-0.05, 0) is 18.0 Å². The maximum atomic E-state index is 11.5. The molecule has 18 heavy (non-hydrogen) atoms. The Morgan fingerprint density at radius 3 is 2.33 bits per heavy atom. The zero-order valence-electron chi connectivity index (χ0n) is 11.0. The number of carbonyl (C=O) groups is 2. The molecule has 0 radical (unpaired) electrons. The second-order valence-corrected chi connectivity index (χ2v) is 4.68. The van der Waals surface area contributed by atoms with Crippen LogP contribution < -0.4 is 0 Å². The van der Waals surface area contributed by atoms with Gasteiger partial charge < -0.3 is 9.84 Å². The number of esters is 1. The molecule has 0 aromatic heterocycles. The summed E-state index contributed by atoms with van der Waals surface area (Å²) < 4.78 is 4.72. The van der Waals surface area contributed by atoms with Gasteiger partial charge in [-0.2, -0.15) is 0 Å². The van der Waals surface area contributed by atoms with Crippen LogP contribution in [0, 0.1) is 5.92 Å². The molecule has 0 saturated carbocycles. The molecule has 106 valence electrons. The predicted octanol–water partition coefficient (Wildman–Crippen LogP) is 2.65. The highest BCUT2D eigenvalue weighted by molar-refractivity contribution is 6.65. The summed E-state index contributed by atoms with van der Waals surface area (Å²) >= 11 is 5.38. The zero-order chi connectivity index (χ0) is 13.8. The maximum absolute atomic E-state index is 11.5. The molecule has 0 bridgehead atoms. The van der Waals surface area contributed by atoms with E-state index in [0.29, 0.717) is 6.42 Å². The van der Waals surface area contributed by atoms with Crippen LogP contribution in [-0.4, -0.2) is 29.5 Å². The lowest BCUT2D eigenvalue weighted by Crippen LogP contribution is -2.24. The molecule has 0 fully saturated rings. The molecule has 0 heterocycles. The summed E-state index contributed by atoms with van der Waals surface area (Å²) in [7, 11) is 0. The molecule has 0 aromatic carbocycles. The summed E-state index contributed by atoms with van der Waals surface area (Å²) in [5.41, 5.74) is 0. The van der Waals surface area contributed by atoms with Gasteiger partial charge in [-0.1, -0.05) is 45.4 Å². The molecular weight excluding hydrogens is 256 g/mol. The first-order valence-corrected chi connectivity index (χ1v) is 6.98. The Kier molecular flexibility index (Phi) is 11.1. The maximum Gasteiger partial charge on any atom is 0.317 e. The Morgan fingerprint density at radius 2 is 1.78 bits per heavy atom. The average molecular weight is 279 g/mol. The monoisotopic (exact) mass is 278 g/mol. The summed E-state index contributed by atoms with van der Waals surface area (Å²) in [5, 5.41) is 7.86. The highest BCUT2D eigenvalue weighted by Crippen LogP contribution is 2.16. The van der Waals surface area contributed by atoms with Crippen LogP contribution in [0.15, 0.2) is 0 Å². The van der Waals surface area contributed by atoms with Crippen LogP contribution >= 0.6 is 11.6 Å². The van der Waals surface area contributed by atoms with Crippen LogP contribution in [0.25, 0.3) is 0 Å². The fourth-order valence-corrected chi connectivity index (χ4v) is 1.90. The van der Waals surface area contributed by atoms with Crippen LogP contribution in [0.4, 0.5) is 0 Å². The number of halogens is 1. The van der Waals surface area contributed by atoms with Gasteiger partial charge in [0, 0.05) is 0 Å². The van der Waals surface area contributed by atoms with Crippen molar-refractivity contribution in [3.05, 3.63) is 0 Å². The van der Waals surface area contributed by atoms with E-state index in [1.807, 2.05) is 0 Å². The van der Waals surface area contributed by atoms with Crippen molar-refractivity contribution in [2.24, 2.45) is 5.92 Å². The Morgan fingerprint density at radius 1 is 1.17 bits per heavy atom. The van der Waals surface area contributed by atoms with Gasteiger partial charge in [-0.25, -0.2) is 0 Å². The standard InChI is InChI=1S/C13H23ClO4/c1-2-3-4-5-6-7-8-11(12(14)16)13(17)18-10-9-15/h11,15H,2-10H2,1H3. The van der Waals surface area contributed by atoms with Crippen LogP contribution in [0.2, 0.25) is 0 Å². The van der Waals surface area contributed by atoms with Gasteiger partial charge in [0.2, 0.25) is 5.24 Å². The van der Waals surface area contributed by atoms with E-state index in [1.165, 1.54) is 19.3 Å². The number of aliphatic hydroxyl groups excluding tert-OH is 1. The predicted molar refractivity (Wildman–Crippen MR) is 70.4 cm³/mol. The number of unbranched alkanes of at least 4 members (excludes halogenated alkanes) is 5. The third kappa shape index (κ3) is 8.48. The molecule has 5 heteroatoms. The van der Waals surface area contributed by atoms with E-state index >= 15 is 0 Å². The van der Waals surface area contributed by atoms with E-state index in [1.54, 1.807) is 0 Å². The largest absolute Gasteiger partial charge is 0.463 e. The smallest absolute Gasteiger partial charge is 0.317 e. The van der Waals surface area contributed by atoms with E-state index in [2.05, 4.69) is 6.92 Å². The summed E-state index contributed by atoms with van der Waals surface area (Å²) in [5.74, 6) is -1.51. The average Bonchev–Trinajstić information content (AvgIpc) is 2.34. The molecule has 4 nitrogen and oxygen atoms in total. The first-order valence-electron chi connectivity index (χ1n) is 6.60. The SMILES string of the molecule is CCCCCCCCC(C(=O)Cl)C(=O)OCCO. The van der Waals surface area contributed by atoms with Crippen LogP contribution in [0.5, 0.6) is 0 Å². The molecule has 0 saturated heterocycles. The lowest BCUT2D eigenvalue weighted by Gasteiger charge is -2.11. The van der Waals surface area contributed by atoms with Gasteiger partial charge in [0.15, 0.2) is 0 Å². The zero-order valence-corrected chi connectivity index (χ0v) is 11.7. The number of rotatable bonds is 11. The van der Waals surface area contributed by atoms with E-state index in [4.69, 9.17) is 21.4 Å². The van der Waals surface area contributed by atoms with Gasteiger partial charge in [0.05, 0.1) is 6.61 Å². The lowest BCUT2D eigenvalue weighted by atomic mass is 10.0. The summed E-state index contributed by atoms with van der Waals surface area (Å²) in [6.07, 6.45) is 6.92. The topological polar surface area (TPSA) is 63.6 Å². The molecule has 0 rings (SSSR count). The first-order chi connectivity index (χ1) is 8.63. The van der Waals surface area contributed by atoms with Crippen molar-refractivity contribution in [3.8, 4) is 0 Å². The van der Waals surface area contributed by atoms with Crippen LogP contribution in [0.3, 0.4) is 0 Å². The lowest BCUT2D eigenvalue weighted by molar-refractivity contribution is -0.151. The molecule has 0 aliphatic heterocycles. The minimum atomic E-state index is -0.885. The van der Waals surface area contributed by atoms with Crippen molar-refractivity contribution >= 4 is 22.8 Å². The molecule has 0 spiro atoms. The third-order valence-electron chi connectivity index (χ3n) is 2.74. The van der Waals surface area contributed by atoms with E-state index in [-0.39, 0.29) is 13.2 Å². The number of ether oxygens (including phenoxy) is 1. The van der Waals surface area contributed by atoms with Crippen LogP contribution in [0.1, 0.15) is 51.9 Å². The number of hydrogen-bond donors (Lipinski definition) is 1. The Balaban J connectivity index is 3.83. The second-order valence-electron chi connectivity index (χ2n) is 4.30. The van der Waals surface area contributed by atoms with Crippen LogP contribution in [-0.2, 0) is 14.3 Å². The highest BCUT2D eigenvalue weighted by Gasteiger charge is 2.25. The molecule has 1 N–H and O–H groups in total. The van der Waals surface area contributed by atoms with Crippen molar-refractivity contribution < 1.29 is 19.4 Å². The molecule has 0 aliphatic rings. The minimum Gasteiger partial charge on any atom is -0.463 e. The van der Waals surface area contributed by atoms with Gasteiger partial charge in [-0.3, -0.25) is 9.59 Å². The van der Waals surface area contributed by atoms with Crippen molar-refractivity contribution in [2.45, 2.75) is 51.9 Å². The number of carbonyl (C=O) groups excluding carboxylic acids is 2. The fraction of sp³-hybridized carbons (Fsp3) is 0.846. The van der Waals surface area contributed by atoms with Crippen molar-refractivity contribution in [1.82, 2.24) is 0 Å². The van der Waals surface area contributed by atoms with Gasteiger partial charge in [0.1, 0.15) is 12.5 Å². The molecule has 0 aromatic rings. The summed E-state index contributed by atoms with van der Waals surface area (Å²) in [6, 6.07) is 0. The Labute approximate surface area is 114 Å². The van der Waals surface area contributed by atoms with E-state index in [9.17, 15) is 9.59 Å². The van der Waals surface area contributed by atoms with Crippen molar-refractivity contribution in [2.75, 3.05) is 13.2 Å². The molecule has 1 atom stereocenters. The summed E-state index contributed by atoms with van der Waals surface area (Å²) in [4.78, 5) is 22.6. The first kappa shape index (κ1) is 17.4. The summed E-state index contributed by atoms with van der Waals surface area (Å²) in [6.45, 7) is 1.82. The molecular formula is C13H23ClO4. The van der Waals surface area contributed by atoms with E-state index in [0.717, 1.165) is 19.3 Å². The molecule has 0 amide bonds. The second kappa shape index (κ2) is 11.5. The van der Waals surface area contributed by atoms with Crippen molar-refractivity contribution in [1.29, 1.82) is 0 Å². The number of aliphatic hydroxyl groups is 1. The molecule has 1 unspecified atom stereocenters. The minimum absolute atomic E-state index is 0.0873. The van der Waals surface area contributed by atoms with Crippen molar-refractivity contribution in [3.63, 3.8) is 0 Å². The number of hydrogen-bond acceptors (Lipinski definition) is 4.